The van der Waals surface area contributed by atoms with Gasteiger partial charge in [0.1, 0.15) is 0 Å². The minimum absolute atomic E-state index is 0.644. The fourth-order valence-corrected chi connectivity index (χ4v) is 2.23. The van der Waals surface area contributed by atoms with Gasteiger partial charge in [0, 0.05) is 13.1 Å². The first-order valence-corrected chi connectivity index (χ1v) is 6.80. The lowest BCUT2D eigenvalue weighted by Gasteiger charge is -2.28. The molecule has 3 heteroatoms. The van der Waals surface area contributed by atoms with Crippen LogP contribution in [-0.4, -0.2) is 13.1 Å². The van der Waals surface area contributed by atoms with Crippen molar-refractivity contribution < 1.29 is 0 Å². The number of nitrogen functional groups attached to an aromatic ring is 1. The third-order valence-electron chi connectivity index (χ3n) is 3.39. The second-order valence-corrected chi connectivity index (χ2v) is 4.80. The highest BCUT2D eigenvalue weighted by Crippen LogP contribution is 2.30. The average molecular weight is 255 g/mol. The van der Waals surface area contributed by atoms with Crippen LogP contribution in [0.5, 0.6) is 0 Å². The number of hydrogen-bond donors (Lipinski definition) is 1. The minimum Gasteiger partial charge on any atom is -0.396 e. The highest BCUT2D eigenvalue weighted by Gasteiger charge is 2.13. The lowest BCUT2D eigenvalue weighted by molar-refractivity contribution is 0.486. The monoisotopic (exact) mass is 254 g/mol. The lowest BCUT2D eigenvalue weighted by atomic mass is 10.0. The van der Waals surface area contributed by atoms with E-state index in [4.69, 9.17) is 17.3 Å². The second kappa shape index (κ2) is 6.75. The number of anilines is 2. The maximum Gasteiger partial charge on any atom is 0.0741 e. The molecule has 0 aliphatic heterocycles. The van der Waals surface area contributed by atoms with E-state index in [9.17, 15) is 0 Å². The molecule has 0 aromatic heterocycles. The molecule has 96 valence electrons. The van der Waals surface area contributed by atoms with Gasteiger partial charge in [-0.3, -0.25) is 0 Å². The second-order valence-electron chi connectivity index (χ2n) is 4.39. The fourth-order valence-electron chi connectivity index (χ4n) is 2.06. The molecule has 0 heterocycles. The summed E-state index contributed by atoms with van der Waals surface area (Å²) in [5, 5.41) is 0.644. The van der Waals surface area contributed by atoms with Crippen molar-refractivity contribution >= 4 is 23.0 Å². The van der Waals surface area contributed by atoms with Gasteiger partial charge in [0.05, 0.1) is 16.4 Å². The van der Waals surface area contributed by atoms with Crippen molar-refractivity contribution in [2.45, 2.75) is 33.6 Å². The molecule has 0 saturated carbocycles. The zero-order valence-corrected chi connectivity index (χ0v) is 11.8. The van der Waals surface area contributed by atoms with Gasteiger partial charge in [-0.25, -0.2) is 0 Å². The first-order valence-electron chi connectivity index (χ1n) is 6.42. The SMILES string of the molecule is CCC(CC)CN(CC)c1cccc(Cl)c1N. The van der Waals surface area contributed by atoms with Crippen LogP contribution in [0.15, 0.2) is 18.2 Å². The fraction of sp³-hybridized carbons (Fsp3) is 0.571. The summed E-state index contributed by atoms with van der Waals surface area (Å²) < 4.78 is 0. The van der Waals surface area contributed by atoms with Crippen LogP contribution in [0.1, 0.15) is 33.6 Å². The molecule has 0 spiro atoms. The molecular formula is C14H23ClN2. The first-order chi connectivity index (χ1) is 8.13. The molecule has 17 heavy (non-hydrogen) atoms. The molecule has 0 atom stereocenters. The third-order valence-corrected chi connectivity index (χ3v) is 3.72. The topological polar surface area (TPSA) is 29.3 Å². The van der Waals surface area contributed by atoms with Gasteiger partial charge in [-0.2, -0.15) is 0 Å². The van der Waals surface area contributed by atoms with Gasteiger partial charge in [0.25, 0.3) is 0 Å². The van der Waals surface area contributed by atoms with E-state index in [1.54, 1.807) is 0 Å². The van der Waals surface area contributed by atoms with Crippen molar-refractivity contribution in [1.29, 1.82) is 0 Å². The molecule has 0 saturated heterocycles. The summed E-state index contributed by atoms with van der Waals surface area (Å²) in [5.41, 5.74) is 7.80. The quantitative estimate of drug-likeness (QED) is 0.772. The van der Waals surface area contributed by atoms with E-state index in [-0.39, 0.29) is 0 Å². The van der Waals surface area contributed by atoms with Crippen molar-refractivity contribution in [3.63, 3.8) is 0 Å². The van der Waals surface area contributed by atoms with Crippen LogP contribution in [0.3, 0.4) is 0 Å². The molecule has 0 unspecified atom stereocenters. The number of benzene rings is 1. The standard InChI is InChI=1S/C14H23ClN2/c1-4-11(5-2)10-17(6-3)13-9-7-8-12(15)14(13)16/h7-9,11H,4-6,10,16H2,1-3H3. The average Bonchev–Trinajstić information content (AvgIpc) is 2.35. The van der Waals surface area contributed by atoms with Crippen LogP contribution in [0, 0.1) is 5.92 Å². The maximum atomic E-state index is 6.07. The Bertz CT molecular complexity index is 348. The van der Waals surface area contributed by atoms with Crippen molar-refractivity contribution in [2.24, 2.45) is 5.92 Å². The van der Waals surface area contributed by atoms with Crippen molar-refractivity contribution in [3.05, 3.63) is 23.2 Å². The Morgan fingerprint density at radius 3 is 2.41 bits per heavy atom. The molecule has 1 aromatic rings. The first kappa shape index (κ1) is 14.2. The van der Waals surface area contributed by atoms with Crippen molar-refractivity contribution in [3.8, 4) is 0 Å². The number of halogens is 1. The lowest BCUT2D eigenvalue weighted by Crippen LogP contribution is -2.29. The molecule has 0 radical (unpaired) electrons. The van der Waals surface area contributed by atoms with Crippen LogP contribution in [-0.2, 0) is 0 Å². The van der Waals surface area contributed by atoms with Gasteiger partial charge in [-0.1, -0.05) is 44.4 Å². The highest BCUT2D eigenvalue weighted by molar-refractivity contribution is 6.33. The number of nitrogens with two attached hydrogens (primary N) is 1. The zero-order chi connectivity index (χ0) is 12.8. The predicted octanol–water partition coefficient (Wildman–Crippen LogP) is 4.18. The summed E-state index contributed by atoms with van der Waals surface area (Å²) in [5.74, 6) is 0.716. The smallest absolute Gasteiger partial charge is 0.0741 e. The minimum atomic E-state index is 0.644. The van der Waals surface area contributed by atoms with Crippen LogP contribution < -0.4 is 10.6 Å². The summed E-state index contributed by atoms with van der Waals surface area (Å²) in [4.78, 5) is 2.32. The normalized spacial score (nSPS) is 10.9. The predicted molar refractivity (Wildman–Crippen MR) is 77.8 cm³/mol. The Labute approximate surface area is 110 Å². The molecule has 2 N–H and O–H groups in total. The van der Waals surface area contributed by atoms with E-state index in [0.29, 0.717) is 16.6 Å². The molecule has 0 amide bonds. The third kappa shape index (κ3) is 3.53. The molecule has 2 nitrogen and oxygen atoms in total. The van der Waals surface area contributed by atoms with E-state index in [1.807, 2.05) is 18.2 Å². The van der Waals surface area contributed by atoms with Crippen LogP contribution >= 0.6 is 11.6 Å². The Kier molecular flexibility index (Phi) is 5.63. The molecule has 1 rings (SSSR count). The van der Waals surface area contributed by atoms with Gasteiger partial charge >= 0.3 is 0 Å². The molecule has 0 fully saturated rings. The summed E-state index contributed by atoms with van der Waals surface area (Å²) in [6.45, 7) is 8.64. The Morgan fingerprint density at radius 2 is 1.88 bits per heavy atom. The van der Waals surface area contributed by atoms with Crippen molar-refractivity contribution in [2.75, 3.05) is 23.7 Å². The summed E-state index contributed by atoms with van der Waals surface area (Å²) in [7, 11) is 0. The van der Waals surface area contributed by atoms with Gasteiger partial charge < -0.3 is 10.6 Å². The number of nitrogens with zero attached hydrogens (tertiary/aromatic N) is 1. The zero-order valence-electron chi connectivity index (χ0n) is 11.0. The molecule has 0 aliphatic rings. The largest absolute Gasteiger partial charge is 0.396 e. The van der Waals surface area contributed by atoms with Crippen LogP contribution in [0.4, 0.5) is 11.4 Å². The van der Waals surface area contributed by atoms with Gasteiger partial charge in [0.2, 0.25) is 0 Å². The number of rotatable bonds is 6. The van der Waals surface area contributed by atoms with Gasteiger partial charge in [-0.05, 0) is 25.0 Å². The van der Waals surface area contributed by atoms with E-state index in [0.717, 1.165) is 18.8 Å². The Morgan fingerprint density at radius 1 is 1.24 bits per heavy atom. The number of hydrogen-bond acceptors (Lipinski definition) is 2. The molecule has 1 aromatic carbocycles. The molecule has 0 bridgehead atoms. The number of para-hydroxylation sites is 1. The summed E-state index contributed by atoms with van der Waals surface area (Å²) in [6, 6.07) is 5.85. The Balaban J connectivity index is 2.89. The van der Waals surface area contributed by atoms with E-state index in [2.05, 4.69) is 25.7 Å². The summed E-state index contributed by atoms with van der Waals surface area (Å²) in [6.07, 6.45) is 2.40. The van der Waals surface area contributed by atoms with E-state index >= 15 is 0 Å². The van der Waals surface area contributed by atoms with Gasteiger partial charge in [-0.15, -0.1) is 0 Å². The van der Waals surface area contributed by atoms with Crippen LogP contribution in [0.2, 0.25) is 5.02 Å². The Hall–Kier alpha value is -0.890. The van der Waals surface area contributed by atoms with Crippen molar-refractivity contribution in [1.82, 2.24) is 0 Å². The van der Waals surface area contributed by atoms with E-state index < -0.39 is 0 Å². The van der Waals surface area contributed by atoms with Gasteiger partial charge in [0.15, 0.2) is 0 Å². The maximum absolute atomic E-state index is 6.07. The highest BCUT2D eigenvalue weighted by atomic mass is 35.5. The van der Waals surface area contributed by atoms with Crippen LogP contribution in [0.25, 0.3) is 0 Å². The molecular weight excluding hydrogens is 232 g/mol. The van der Waals surface area contributed by atoms with E-state index in [1.165, 1.54) is 12.8 Å². The molecule has 0 aliphatic carbocycles. The summed E-state index contributed by atoms with van der Waals surface area (Å²) >= 11 is 6.07.